The Labute approximate surface area is 156 Å². The third kappa shape index (κ3) is 4.83. The van der Waals surface area contributed by atoms with Crippen molar-refractivity contribution in [2.45, 2.75) is 32.2 Å². The molecule has 0 saturated heterocycles. The average molecular weight is 379 g/mol. The van der Waals surface area contributed by atoms with Crippen LogP contribution in [0.3, 0.4) is 0 Å². The van der Waals surface area contributed by atoms with E-state index in [4.69, 9.17) is 4.74 Å². The van der Waals surface area contributed by atoms with Crippen molar-refractivity contribution < 1.29 is 14.3 Å². The molecule has 0 unspecified atom stereocenters. The van der Waals surface area contributed by atoms with E-state index >= 15 is 0 Å². The number of nitrogens with zero attached hydrogens (tertiary/aromatic N) is 1. The molecule has 0 atom stereocenters. The molecule has 0 aliphatic heterocycles. The van der Waals surface area contributed by atoms with E-state index in [0.717, 1.165) is 12.0 Å². The molecular weight excluding hydrogens is 356 g/mol. The lowest BCUT2D eigenvalue weighted by Gasteiger charge is -2.10. The summed E-state index contributed by atoms with van der Waals surface area (Å²) in [5.74, 6) is -0.278. The Morgan fingerprint density at radius 1 is 1.40 bits per heavy atom. The highest BCUT2D eigenvalue weighted by molar-refractivity contribution is 7.98. The fourth-order valence-electron chi connectivity index (χ4n) is 2.40. The number of esters is 1. The van der Waals surface area contributed by atoms with Gasteiger partial charge in [-0.25, -0.2) is 9.78 Å². The number of nitrogens with one attached hydrogen (secondary N) is 1. The van der Waals surface area contributed by atoms with Gasteiger partial charge in [0.15, 0.2) is 0 Å². The van der Waals surface area contributed by atoms with Crippen molar-refractivity contribution in [3.63, 3.8) is 0 Å². The minimum Gasteiger partial charge on any atom is -0.462 e. The number of pyridine rings is 1. The summed E-state index contributed by atoms with van der Waals surface area (Å²) in [4.78, 5) is 29.2. The highest BCUT2D eigenvalue weighted by Gasteiger charge is 2.23. The lowest BCUT2D eigenvalue weighted by molar-refractivity contribution is 0.0527. The minimum absolute atomic E-state index is 0.277. The highest BCUT2D eigenvalue weighted by Crippen LogP contribution is 2.31. The number of carbonyl (C=O) groups is 2. The standard InChI is InChI=1S/C18H22N2O3S2/c1-5-23-18(22)14-12(9-11(2)3)10-25-17(14)20-15(21)13-7-6-8-19-16(13)24-4/h6-8,10-11H,5,9H2,1-4H3,(H,20,21). The molecule has 1 amide bonds. The number of rotatable bonds is 7. The Morgan fingerprint density at radius 2 is 2.16 bits per heavy atom. The van der Waals surface area contributed by atoms with Crippen molar-refractivity contribution >= 4 is 40.0 Å². The molecule has 0 aromatic carbocycles. The Hall–Kier alpha value is -1.86. The number of thiophene rings is 1. The monoisotopic (exact) mass is 378 g/mol. The van der Waals surface area contributed by atoms with Crippen LogP contribution >= 0.6 is 23.1 Å². The predicted molar refractivity (Wildman–Crippen MR) is 103 cm³/mol. The molecule has 2 heterocycles. The Balaban J connectivity index is 2.33. The predicted octanol–water partition coefficient (Wildman–Crippen LogP) is 4.49. The van der Waals surface area contributed by atoms with Crippen molar-refractivity contribution in [3.8, 4) is 0 Å². The normalized spacial score (nSPS) is 10.8. The number of ether oxygens (including phenoxy) is 1. The van der Waals surface area contributed by atoms with Crippen LogP contribution in [0, 0.1) is 5.92 Å². The van der Waals surface area contributed by atoms with Crippen LogP contribution in [0.15, 0.2) is 28.7 Å². The second-order valence-electron chi connectivity index (χ2n) is 5.80. The quantitative estimate of drug-likeness (QED) is 0.568. The maximum Gasteiger partial charge on any atom is 0.341 e. The number of anilines is 1. The van der Waals surface area contributed by atoms with Gasteiger partial charge in [-0.05, 0) is 48.6 Å². The van der Waals surface area contributed by atoms with E-state index in [9.17, 15) is 9.59 Å². The number of thioether (sulfide) groups is 1. The molecule has 7 heteroatoms. The van der Waals surface area contributed by atoms with Crippen LogP contribution in [0.25, 0.3) is 0 Å². The zero-order chi connectivity index (χ0) is 18.4. The summed E-state index contributed by atoms with van der Waals surface area (Å²) < 4.78 is 5.18. The molecule has 0 fully saturated rings. The number of amides is 1. The molecule has 1 N–H and O–H groups in total. The summed E-state index contributed by atoms with van der Waals surface area (Å²) in [5.41, 5.74) is 1.86. The smallest absolute Gasteiger partial charge is 0.341 e. The maximum absolute atomic E-state index is 12.6. The Bertz CT molecular complexity index is 757. The Kier molecular flexibility index (Phi) is 7.01. The van der Waals surface area contributed by atoms with Crippen molar-refractivity contribution in [3.05, 3.63) is 40.4 Å². The zero-order valence-corrected chi connectivity index (χ0v) is 16.4. The molecule has 2 rings (SSSR count). The van der Waals surface area contributed by atoms with Gasteiger partial charge in [0.25, 0.3) is 5.91 Å². The summed E-state index contributed by atoms with van der Waals surface area (Å²) >= 11 is 2.76. The third-order valence-corrected chi connectivity index (χ3v) is 5.07. The van der Waals surface area contributed by atoms with Gasteiger partial charge in [0.2, 0.25) is 0 Å². The molecular formula is C18H22N2O3S2. The first-order valence-electron chi connectivity index (χ1n) is 8.05. The van der Waals surface area contributed by atoms with Gasteiger partial charge in [-0.3, -0.25) is 4.79 Å². The van der Waals surface area contributed by atoms with Crippen LogP contribution in [0.1, 0.15) is 47.1 Å². The van der Waals surface area contributed by atoms with Gasteiger partial charge in [0.1, 0.15) is 10.0 Å². The van der Waals surface area contributed by atoms with Crippen LogP contribution in [0.4, 0.5) is 5.00 Å². The first-order chi connectivity index (χ1) is 12.0. The summed E-state index contributed by atoms with van der Waals surface area (Å²) in [5, 5.41) is 5.95. The molecule has 134 valence electrons. The van der Waals surface area contributed by atoms with Crippen LogP contribution in [-0.2, 0) is 11.2 Å². The number of hydrogen-bond acceptors (Lipinski definition) is 6. The van der Waals surface area contributed by atoms with Crippen molar-refractivity contribution in [1.29, 1.82) is 0 Å². The molecule has 0 spiro atoms. The second kappa shape index (κ2) is 9.01. The fraction of sp³-hybridized carbons (Fsp3) is 0.389. The summed E-state index contributed by atoms with van der Waals surface area (Å²) in [7, 11) is 0. The molecule has 2 aromatic rings. The van der Waals surface area contributed by atoms with Gasteiger partial charge in [-0.1, -0.05) is 13.8 Å². The fourth-order valence-corrected chi connectivity index (χ4v) is 3.90. The Morgan fingerprint density at radius 3 is 2.80 bits per heavy atom. The molecule has 5 nitrogen and oxygen atoms in total. The molecule has 0 aliphatic carbocycles. The van der Waals surface area contributed by atoms with Gasteiger partial charge in [0.05, 0.1) is 17.7 Å². The lowest BCUT2D eigenvalue weighted by atomic mass is 10.0. The molecule has 2 aromatic heterocycles. The first kappa shape index (κ1) is 19.5. The van der Waals surface area contributed by atoms with Crippen LogP contribution < -0.4 is 5.32 Å². The van der Waals surface area contributed by atoms with Gasteiger partial charge in [0, 0.05) is 6.20 Å². The summed E-state index contributed by atoms with van der Waals surface area (Å²) in [6, 6.07) is 3.44. The highest BCUT2D eigenvalue weighted by atomic mass is 32.2. The third-order valence-electron chi connectivity index (χ3n) is 3.41. The molecule has 0 bridgehead atoms. The van der Waals surface area contributed by atoms with Gasteiger partial charge >= 0.3 is 5.97 Å². The van der Waals surface area contributed by atoms with Crippen molar-refractivity contribution in [1.82, 2.24) is 4.98 Å². The van der Waals surface area contributed by atoms with Gasteiger partial charge < -0.3 is 10.1 Å². The van der Waals surface area contributed by atoms with Crippen LogP contribution in [-0.4, -0.2) is 29.7 Å². The van der Waals surface area contributed by atoms with E-state index in [1.54, 1.807) is 25.3 Å². The second-order valence-corrected chi connectivity index (χ2v) is 7.47. The summed E-state index contributed by atoms with van der Waals surface area (Å²) in [6.45, 7) is 6.24. The topological polar surface area (TPSA) is 68.3 Å². The summed E-state index contributed by atoms with van der Waals surface area (Å²) in [6.07, 6.45) is 4.27. The number of carbonyl (C=O) groups excluding carboxylic acids is 2. The van der Waals surface area contributed by atoms with E-state index in [-0.39, 0.29) is 5.91 Å². The molecule has 0 radical (unpaired) electrons. The van der Waals surface area contributed by atoms with E-state index in [2.05, 4.69) is 24.1 Å². The van der Waals surface area contributed by atoms with E-state index in [1.165, 1.54) is 23.1 Å². The molecule has 25 heavy (non-hydrogen) atoms. The molecule has 0 aliphatic rings. The zero-order valence-electron chi connectivity index (χ0n) is 14.8. The average Bonchev–Trinajstić information content (AvgIpc) is 2.96. The number of aromatic nitrogens is 1. The first-order valence-corrected chi connectivity index (χ1v) is 10.2. The SMILES string of the molecule is CCOC(=O)c1c(CC(C)C)csc1NC(=O)c1cccnc1SC. The maximum atomic E-state index is 12.6. The van der Waals surface area contributed by atoms with E-state index in [0.29, 0.717) is 33.7 Å². The van der Waals surface area contributed by atoms with Crippen LogP contribution in [0.2, 0.25) is 0 Å². The van der Waals surface area contributed by atoms with Crippen LogP contribution in [0.5, 0.6) is 0 Å². The van der Waals surface area contributed by atoms with Crippen molar-refractivity contribution in [2.24, 2.45) is 5.92 Å². The lowest BCUT2D eigenvalue weighted by Crippen LogP contribution is -2.16. The number of hydrogen-bond donors (Lipinski definition) is 1. The molecule has 0 saturated carbocycles. The minimum atomic E-state index is -0.397. The van der Waals surface area contributed by atoms with Crippen molar-refractivity contribution in [2.75, 3.05) is 18.2 Å². The van der Waals surface area contributed by atoms with E-state index < -0.39 is 5.97 Å². The largest absolute Gasteiger partial charge is 0.462 e. The van der Waals surface area contributed by atoms with E-state index in [1.807, 2.05) is 11.6 Å². The van der Waals surface area contributed by atoms with Gasteiger partial charge in [-0.15, -0.1) is 23.1 Å². The van der Waals surface area contributed by atoms with Gasteiger partial charge in [-0.2, -0.15) is 0 Å².